The highest BCUT2D eigenvalue weighted by Crippen LogP contribution is 2.19. The SMILES string of the molecule is C[C](CCCCCl)c1ccccc1. The van der Waals surface area contributed by atoms with Gasteiger partial charge in [0.2, 0.25) is 0 Å². The molecule has 0 saturated heterocycles. The maximum Gasteiger partial charge on any atom is 0.0223 e. The number of halogens is 1. The van der Waals surface area contributed by atoms with Gasteiger partial charge in [0.15, 0.2) is 0 Å². The van der Waals surface area contributed by atoms with Crippen molar-refractivity contribution >= 4 is 11.6 Å². The van der Waals surface area contributed by atoms with E-state index in [0.29, 0.717) is 0 Å². The normalized spacial score (nSPS) is 10.7. The Balaban J connectivity index is 2.35. The van der Waals surface area contributed by atoms with Crippen molar-refractivity contribution in [3.05, 3.63) is 41.8 Å². The van der Waals surface area contributed by atoms with E-state index in [2.05, 4.69) is 37.3 Å². The summed E-state index contributed by atoms with van der Waals surface area (Å²) in [5, 5.41) is 0. The van der Waals surface area contributed by atoms with Gasteiger partial charge in [0, 0.05) is 11.8 Å². The fourth-order valence-corrected chi connectivity index (χ4v) is 1.54. The van der Waals surface area contributed by atoms with Crippen LogP contribution < -0.4 is 0 Å². The molecule has 0 aliphatic rings. The first kappa shape index (κ1) is 10.6. The molecule has 0 spiro atoms. The fourth-order valence-electron chi connectivity index (χ4n) is 1.35. The Labute approximate surface area is 85.9 Å². The predicted molar refractivity (Wildman–Crippen MR) is 59.0 cm³/mol. The van der Waals surface area contributed by atoms with Crippen molar-refractivity contribution in [2.45, 2.75) is 26.2 Å². The maximum absolute atomic E-state index is 5.62. The van der Waals surface area contributed by atoms with E-state index in [-0.39, 0.29) is 0 Å². The second kappa shape index (κ2) is 6.04. The van der Waals surface area contributed by atoms with Crippen LogP contribution in [0.15, 0.2) is 30.3 Å². The second-order valence-electron chi connectivity index (χ2n) is 3.29. The van der Waals surface area contributed by atoms with Gasteiger partial charge in [0.25, 0.3) is 0 Å². The lowest BCUT2D eigenvalue weighted by atomic mass is 9.96. The molecule has 0 unspecified atom stereocenters. The van der Waals surface area contributed by atoms with Crippen LogP contribution in [-0.4, -0.2) is 5.88 Å². The average molecular weight is 196 g/mol. The van der Waals surface area contributed by atoms with E-state index in [4.69, 9.17) is 11.6 Å². The molecule has 0 atom stereocenters. The highest BCUT2D eigenvalue weighted by atomic mass is 35.5. The van der Waals surface area contributed by atoms with Crippen LogP contribution >= 0.6 is 11.6 Å². The molecule has 0 saturated carbocycles. The van der Waals surface area contributed by atoms with Crippen LogP contribution in [0.25, 0.3) is 0 Å². The average Bonchev–Trinajstić information content (AvgIpc) is 2.19. The summed E-state index contributed by atoms with van der Waals surface area (Å²) in [6.45, 7) is 2.20. The van der Waals surface area contributed by atoms with Gasteiger partial charge in [-0.3, -0.25) is 0 Å². The van der Waals surface area contributed by atoms with Crippen molar-refractivity contribution in [2.24, 2.45) is 0 Å². The molecule has 0 fully saturated rings. The lowest BCUT2D eigenvalue weighted by molar-refractivity contribution is 0.746. The molecule has 0 heterocycles. The summed E-state index contributed by atoms with van der Waals surface area (Å²) in [5.74, 6) is 2.24. The van der Waals surface area contributed by atoms with Gasteiger partial charge in [-0.05, 0) is 18.4 Å². The summed E-state index contributed by atoms with van der Waals surface area (Å²) in [5.41, 5.74) is 1.36. The third-order valence-corrected chi connectivity index (χ3v) is 2.47. The monoisotopic (exact) mass is 195 g/mol. The van der Waals surface area contributed by atoms with Crippen molar-refractivity contribution < 1.29 is 0 Å². The molecule has 0 nitrogen and oxygen atoms in total. The molecular weight excluding hydrogens is 180 g/mol. The first-order chi connectivity index (χ1) is 6.34. The van der Waals surface area contributed by atoms with Gasteiger partial charge in [-0.2, -0.15) is 0 Å². The summed E-state index contributed by atoms with van der Waals surface area (Å²) < 4.78 is 0. The Morgan fingerprint density at radius 1 is 1.15 bits per heavy atom. The molecular formula is C12H16Cl. The topological polar surface area (TPSA) is 0 Å². The van der Waals surface area contributed by atoms with Gasteiger partial charge in [-0.25, -0.2) is 0 Å². The zero-order valence-corrected chi connectivity index (χ0v) is 8.85. The predicted octanol–water partition coefficient (Wildman–Crippen LogP) is 4.04. The van der Waals surface area contributed by atoms with E-state index in [0.717, 1.165) is 18.7 Å². The lowest BCUT2D eigenvalue weighted by Crippen LogP contribution is -1.94. The minimum absolute atomic E-state index is 0.780. The first-order valence-corrected chi connectivity index (χ1v) is 5.32. The van der Waals surface area contributed by atoms with Crippen LogP contribution in [-0.2, 0) is 0 Å². The highest BCUT2D eigenvalue weighted by molar-refractivity contribution is 6.17. The molecule has 13 heavy (non-hydrogen) atoms. The molecule has 71 valence electrons. The van der Waals surface area contributed by atoms with Crippen LogP contribution in [0.2, 0.25) is 0 Å². The van der Waals surface area contributed by atoms with E-state index in [9.17, 15) is 0 Å². The molecule has 0 amide bonds. The Kier molecular flexibility index (Phi) is 4.92. The van der Waals surface area contributed by atoms with E-state index >= 15 is 0 Å². The third-order valence-electron chi connectivity index (χ3n) is 2.20. The molecule has 0 aromatic heterocycles. The molecule has 0 bridgehead atoms. The van der Waals surface area contributed by atoms with Crippen molar-refractivity contribution in [2.75, 3.05) is 5.88 Å². The van der Waals surface area contributed by atoms with E-state index in [1.807, 2.05) is 0 Å². The third kappa shape index (κ3) is 3.82. The number of hydrogen-bond acceptors (Lipinski definition) is 0. The summed E-state index contributed by atoms with van der Waals surface area (Å²) >= 11 is 5.62. The van der Waals surface area contributed by atoms with E-state index < -0.39 is 0 Å². The minimum Gasteiger partial charge on any atom is -0.127 e. The van der Waals surface area contributed by atoms with Crippen LogP contribution in [0.1, 0.15) is 31.7 Å². The Morgan fingerprint density at radius 2 is 1.85 bits per heavy atom. The summed E-state index contributed by atoms with van der Waals surface area (Å²) in [6.07, 6.45) is 3.48. The molecule has 1 rings (SSSR count). The Hall–Kier alpha value is -0.490. The maximum atomic E-state index is 5.62. The van der Waals surface area contributed by atoms with Gasteiger partial charge in [0.1, 0.15) is 0 Å². The number of rotatable bonds is 5. The fraction of sp³-hybridized carbons (Fsp3) is 0.417. The van der Waals surface area contributed by atoms with Crippen LogP contribution in [0.3, 0.4) is 0 Å². The van der Waals surface area contributed by atoms with Crippen LogP contribution in [0.5, 0.6) is 0 Å². The zero-order chi connectivity index (χ0) is 9.52. The van der Waals surface area contributed by atoms with Gasteiger partial charge >= 0.3 is 0 Å². The number of hydrogen-bond donors (Lipinski definition) is 0. The van der Waals surface area contributed by atoms with Crippen molar-refractivity contribution in [3.63, 3.8) is 0 Å². The summed E-state index contributed by atoms with van der Waals surface area (Å²) in [4.78, 5) is 0. The van der Waals surface area contributed by atoms with Gasteiger partial charge in [-0.15, -0.1) is 11.6 Å². The van der Waals surface area contributed by atoms with Crippen molar-refractivity contribution in [1.29, 1.82) is 0 Å². The first-order valence-electron chi connectivity index (χ1n) is 4.78. The Bertz CT molecular complexity index is 218. The molecule has 0 aliphatic heterocycles. The zero-order valence-electron chi connectivity index (χ0n) is 8.09. The highest BCUT2D eigenvalue weighted by Gasteiger charge is 2.03. The van der Waals surface area contributed by atoms with Gasteiger partial charge in [-0.1, -0.05) is 43.7 Å². The number of benzene rings is 1. The van der Waals surface area contributed by atoms with Crippen molar-refractivity contribution in [1.82, 2.24) is 0 Å². The molecule has 1 aromatic rings. The van der Waals surface area contributed by atoms with E-state index in [1.54, 1.807) is 0 Å². The second-order valence-corrected chi connectivity index (χ2v) is 3.67. The number of alkyl halides is 1. The van der Waals surface area contributed by atoms with Gasteiger partial charge in [0.05, 0.1) is 0 Å². The summed E-state index contributed by atoms with van der Waals surface area (Å²) in [6, 6.07) is 10.5. The van der Waals surface area contributed by atoms with Gasteiger partial charge < -0.3 is 0 Å². The standard InChI is InChI=1S/C12H16Cl/c1-11(7-5-6-10-13)12-8-3-2-4-9-12/h2-4,8-9H,5-7,10H2,1H3. The van der Waals surface area contributed by atoms with Crippen molar-refractivity contribution in [3.8, 4) is 0 Å². The minimum atomic E-state index is 0.780. The molecule has 0 N–H and O–H groups in total. The Morgan fingerprint density at radius 3 is 2.46 bits per heavy atom. The molecule has 1 heteroatoms. The largest absolute Gasteiger partial charge is 0.127 e. The molecule has 0 aliphatic carbocycles. The van der Waals surface area contributed by atoms with Crippen LogP contribution in [0.4, 0.5) is 0 Å². The number of unbranched alkanes of at least 4 members (excludes halogenated alkanes) is 1. The quantitative estimate of drug-likeness (QED) is 0.492. The van der Waals surface area contributed by atoms with E-state index in [1.165, 1.54) is 17.9 Å². The summed E-state index contributed by atoms with van der Waals surface area (Å²) in [7, 11) is 0. The molecule has 1 aromatic carbocycles. The van der Waals surface area contributed by atoms with Crippen LogP contribution in [0, 0.1) is 5.92 Å². The smallest absolute Gasteiger partial charge is 0.0223 e. The lowest BCUT2D eigenvalue weighted by Gasteiger charge is -2.09. The molecule has 1 radical (unpaired) electrons.